The van der Waals surface area contributed by atoms with E-state index in [0.29, 0.717) is 31.3 Å². The van der Waals surface area contributed by atoms with Crippen LogP contribution in [0, 0.1) is 0 Å². The first-order valence-corrected chi connectivity index (χ1v) is 7.74. The van der Waals surface area contributed by atoms with E-state index >= 15 is 0 Å². The Labute approximate surface area is 140 Å². The maximum atomic E-state index is 12.6. The van der Waals surface area contributed by atoms with Gasteiger partial charge in [-0.2, -0.15) is 0 Å². The van der Waals surface area contributed by atoms with E-state index < -0.39 is 11.6 Å². The lowest BCUT2D eigenvalue weighted by Crippen LogP contribution is -2.59. The smallest absolute Gasteiger partial charge is 0.407 e. The molecule has 0 spiro atoms. The van der Waals surface area contributed by atoms with Gasteiger partial charge in [0.05, 0.1) is 7.11 Å². The van der Waals surface area contributed by atoms with Crippen LogP contribution in [0.5, 0.6) is 0 Å². The fraction of sp³-hybridized carbons (Fsp3) is 0.533. The Hall–Kier alpha value is -2.02. The van der Waals surface area contributed by atoms with E-state index in [1.54, 1.807) is 24.8 Å². The van der Waals surface area contributed by atoms with Crippen LogP contribution in [0.4, 0.5) is 10.6 Å². The van der Waals surface area contributed by atoms with E-state index in [0.717, 1.165) is 5.82 Å². The van der Waals surface area contributed by atoms with Crippen LogP contribution in [0.25, 0.3) is 0 Å². The fourth-order valence-corrected chi connectivity index (χ4v) is 2.63. The van der Waals surface area contributed by atoms with E-state index in [4.69, 9.17) is 11.6 Å². The van der Waals surface area contributed by atoms with Gasteiger partial charge in [0, 0.05) is 26.2 Å². The number of aromatic nitrogens is 1. The number of rotatable bonds is 3. The first-order chi connectivity index (χ1) is 10.8. The predicted molar refractivity (Wildman–Crippen MR) is 87.7 cm³/mol. The second-order valence-corrected chi connectivity index (χ2v) is 6.23. The number of hydrogen-bond donors (Lipinski definition) is 1. The zero-order valence-electron chi connectivity index (χ0n) is 13.5. The van der Waals surface area contributed by atoms with E-state index in [1.807, 2.05) is 12.1 Å². The average Bonchev–Trinajstić information content (AvgIpc) is 2.53. The van der Waals surface area contributed by atoms with Crippen molar-refractivity contribution in [2.75, 3.05) is 38.2 Å². The highest BCUT2D eigenvalue weighted by Crippen LogP contribution is 2.18. The minimum atomic E-state index is -1.01. The van der Waals surface area contributed by atoms with Crippen LogP contribution in [0.3, 0.4) is 0 Å². The molecule has 0 aliphatic carbocycles. The first kappa shape index (κ1) is 17.3. The largest absolute Gasteiger partial charge is 0.453 e. The Bertz CT molecular complexity index is 586. The average molecular weight is 341 g/mol. The second-order valence-electron chi connectivity index (χ2n) is 5.84. The summed E-state index contributed by atoms with van der Waals surface area (Å²) in [6.45, 7) is 5.76. The molecule has 126 valence electrons. The summed E-state index contributed by atoms with van der Waals surface area (Å²) >= 11 is 5.91. The van der Waals surface area contributed by atoms with Crippen molar-refractivity contribution in [3.8, 4) is 0 Å². The molecular formula is C15H21ClN4O3. The van der Waals surface area contributed by atoms with Gasteiger partial charge in [0.25, 0.3) is 0 Å². The lowest BCUT2D eigenvalue weighted by molar-refractivity contribution is -0.137. The molecule has 2 amide bonds. The van der Waals surface area contributed by atoms with E-state index in [-0.39, 0.29) is 5.91 Å². The van der Waals surface area contributed by atoms with Crippen LogP contribution in [-0.4, -0.2) is 60.7 Å². The Kier molecular flexibility index (Phi) is 5.30. The van der Waals surface area contributed by atoms with E-state index in [9.17, 15) is 9.59 Å². The molecule has 1 aromatic rings. The maximum Gasteiger partial charge on any atom is 0.407 e. The molecular weight excluding hydrogens is 320 g/mol. The number of carbonyl (C=O) groups excluding carboxylic acids is 2. The number of pyridine rings is 1. The molecule has 0 aromatic carbocycles. The molecule has 7 nitrogen and oxygen atoms in total. The molecule has 1 aliphatic rings. The Balaban J connectivity index is 1.95. The summed E-state index contributed by atoms with van der Waals surface area (Å²) in [4.78, 5) is 32.0. The van der Waals surface area contributed by atoms with E-state index in [1.165, 1.54) is 7.11 Å². The summed E-state index contributed by atoms with van der Waals surface area (Å²) in [6.07, 6.45) is -0.620. The van der Waals surface area contributed by atoms with Gasteiger partial charge in [-0.3, -0.25) is 4.79 Å². The Morgan fingerprint density at radius 3 is 2.48 bits per heavy atom. The lowest BCUT2D eigenvalue weighted by Gasteiger charge is -2.39. The van der Waals surface area contributed by atoms with Crippen LogP contribution in [0.2, 0.25) is 5.15 Å². The number of nitrogens with zero attached hydrogens (tertiary/aromatic N) is 3. The molecule has 0 saturated carbocycles. The topological polar surface area (TPSA) is 74.8 Å². The molecule has 0 bridgehead atoms. The summed E-state index contributed by atoms with van der Waals surface area (Å²) in [5, 5.41) is 3.01. The van der Waals surface area contributed by atoms with Crippen LogP contribution >= 0.6 is 11.6 Å². The maximum absolute atomic E-state index is 12.6. The number of carbonyl (C=O) groups is 2. The van der Waals surface area contributed by atoms with Gasteiger partial charge < -0.3 is 19.9 Å². The third-order valence-corrected chi connectivity index (χ3v) is 3.94. The molecule has 0 atom stereocenters. The standard InChI is InChI=1S/C15H21ClN4O3/c1-15(2,18-14(22)23-3)13(21)20-9-7-19(8-10-20)12-6-4-5-11(16)17-12/h4-6H,7-10H2,1-3H3,(H,18,22). The van der Waals surface area contributed by atoms with Gasteiger partial charge in [-0.15, -0.1) is 0 Å². The number of anilines is 1. The molecule has 2 rings (SSSR count). The molecule has 23 heavy (non-hydrogen) atoms. The number of halogens is 1. The van der Waals surface area contributed by atoms with Gasteiger partial charge in [0.1, 0.15) is 16.5 Å². The first-order valence-electron chi connectivity index (χ1n) is 7.36. The van der Waals surface area contributed by atoms with Gasteiger partial charge in [0.15, 0.2) is 0 Å². The van der Waals surface area contributed by atoms with Gasteiger partial charge in [-0.05, 0) is 26.0 Å². The van der Waals surface area contributed by atoms with Crippen LogP contribution in [0.15, 0.2) is 18.2 Å². The highest BCUT2D eigenvalue weighted by Gasteiger charge is 2.35. The molecule has 0 radical (unpaired) electrons. The zero-order valence-corrected chi connectivity index (χ0v) is 14.3. The zero-order chi connectivity index (χ0) is 17.0. The predicted octanol–water partition coefficient (Wildman–Crippen LogP) is 1.52. The highest BCUT2D eigenvalue weighted by atomic mass is 35.5. The van der Waals surface area contributed by atoms with Crippen molar-refractivity contribution in [2.45, 2.75) is 19.4 Å². The third-order valence-electron chi connectivity index (χ3n) is 3.73. The number of piperazine rings is 1. The van der Waals surface area contributed by atoms with Crippen LogP contribution < -0.4 is 10.2 Å². The van der Waals surface area contributed by atoms with Crippen molar-refractivity contribution in [1.82, 2.24) is 15.2 Å². The van der Waals surface area contributed by atoms with Crippen molar-refractivity contribution < 1.29 is 14.3 Å². The fourth-order valence-electron chi connectivity index (χ4n) is 2.47. The number of methoxy groups -OCH3 is 1. The van der Waals surface area contributed by atoms with Crippen molar-refractivity contribution in [3.05, 3.63) is 23.4 Å². The van der Waals surface area contributed by atoms with Crippen LogP contribution in [0.1, 0.15) is 13.8 Å². The highest BCUT2D eigenvalue weighted by molar-refractivity contribution is 6.29. The number of amides is 2. The van der Waals surface area contributed by atoms with Gasteiger partial charge in [0.2, 0.25) is 5.91 Å². The normalized spacial score (nSPS) is 15.3. The summed E-state index contributed by atoms with van der Waals surface area (Å²) in [5.74, 6) is 0.665. The number of ether oxygens (including phenoxy) is 1. The minimum absolute atomic E-state index is 0.137. The number of hydrogen-bond acceptors (Lipinski definition) is 5. The number of alkyl carbamates (subject to hydrolysis) is 1. The molecule has 1 N–H and O–H groups in total. The molecule has 1 fully saturated rings. The van der Waals surface area contributed by atoms with Gasteiger partial charge in [-0.25, -0.2) is 9.78 Å². The summed E-state index contributed by atoms with van der Waals surface area (Å²) in [5.41, 5.74) is -1.01. The molecule has 8 heteroatoms. The lowest BCUT2D eigenvalue weighted by atomic mass is 10.0. The van der Waals surface area contributed by atoms with Crippen LogP contribution in [-0.2, 0) is 9.53 Å². The Morgan fingerprint density at radius 1 is 1.26 bits per heavy atom. The van der Waals surface area contributed by atoms with Crippen molar-refractivity contribution in [2.24, 2.45) is 0 Å². The SMILES string of the molecule is COC(=O)NC(C)(C)C(=O)N1CCN(c2cccc(Cl)n2)CC1. The molecule has 1 aromatic heterocycles. The summed E-state index contributed by atoms with van der Waals surface area (Å²) < 4.78 is 4.56. The monoisotopic (exact) mass is 340 g/mol. The van der Waals surface area contributed by atoms with Gasteiger partial charge >= 0.3 is 6.09 Å². The van der Waals surface area contributed by atoms with Crippen molar-refractivity contribution in [3.63, 3.8) is 0 Å². The minimum Gasteiger partial charge on any atom is -0.453 e. The summed E-state index contributed by atoms with van der Waals surface area (Å²) in [7, 11) is 1.27. The molecule has 0 unspecified atom stereocenters. The van der Waals surface area contributed by atoms with E-state index in [2.05, 4.69) is 19.9 Å². The second kappa shape index (κ2) is 7.04. The van der Waals surface area contributed by atoms with Gasteiger partial charge in [-0.1, -0.05) is 17.7 Å². The molecule has 2 heterocycles. The molecule has 1 saturated heterocycles. The quantitative estimate of drug-likeness (QED) is 0.844. The molecule has 1 aliphatic heterocycles. The third kappa shape index (κ3) is 4.25. The van der Waals surface area contributed by atoms with Crippen molar-refractivity contribution >= 4 is 29.4 Å². The van der Waals surface area contributed by atoms with Crippen molar-refractivity contribution in [1.29, 1.82) is 0 Å². The summed E-state index contributed by atoms with van der Waals surface area (Å²) in [6, 6.07) is 5.48. The Morgan fingerprint density at radius 2 is 1.91 bits per heavy atom. The number of nitrogens with one attached hydrogen (secondary N) is 1.